The Kier molecular flexibility index (Phi) is 11.3. The van der Waals surface area contributed by atoms with Gasteiger partial charge in [-0.1, -0.05) is 72.1 Å². The fourth-order valence-electron chi connectivity index (χ4n) is 2.43. The van der Waals surface area contributed by atoms with Gasteiger partial charge in [0.25, 0.3) is 0 Å². The molecule has 0 aromatic carbocycles. The molecule has 1 unspecified atom stereocenters. The van der Waals surface area contributed by atoms with E-state index in [1.54, 1.807) is 0 Å². The molecule has 1 heteroatoms. The van der Waals surface area contributed by atoms with Crippen LogP contribution in [0.25, 0.3) is 0 Å². The predicted octanol–water partition coefficient (Wildman–Crippen LogP) is 2.39. The minimum Gasteiger partial charge on any atom is -0.497 e. The molecule has 0 nitrogen and oxygen atoms in total. The topological polar surface area (TPSA) is 0 Å². The van der Waals surface area contributed by atoms with Crippen LogP contribution in [0.2, 0.25) is 0 Å². The van der Waals surface area contributed by atoms with E-state index < -0.39 is 0 Å². The molecular weight excluding hydrogens is 278 g/mol. The molecule has 0 radical (unpaired) electrons. The first kappa shape index (κ1) is 18.5. The molecule has 2 aliphatic carbocycles. The summed E-state index contributed by atoms with van der Waals surface area (Å²) in [7, 11) is 0. The average molecular weight is 307 g/mol. The van der Waals surface area contributed by atoms with E-state index in [0.29, 0.717) is 0 Å². The minimum absolute atomic E-state index is 0. The predicted molar refractivity (Wildman–Crippen MR) is 72.2 cm³/mol. The van der Waals surface area contributed by atoms with Crippen LogP contribution in [0.15, 0.2) is 5.57 Å². The quantitative estimate of drug-likeness (QED) is 0.603. The van der Waals surface area contributed by atoms with Crippen LogP contribution in [0.1, 0.15) is 72.6 Å². The molecule has 17 heavy (non-hydrogen) atoms. The Morgan fingerprint density at radius 3 is 1.59 bits per heavy atom. The fraction of sp³-hybridized carbons (Fsp3) is 0.875. The van der Waals surface area contributed by atoms with E-state index in [1.807, 2.05) is 0 Å². The van der Waals surface area contributed by atoms with Gasteiger partial charge in [-0.25, -0.2) is 0 Å². The third kappa shape index (κ3) is 9.13. The molecule has 1 atom stereocenters. The van der Waals surface area contributed by atoms with E-state index >= 15 is 0 Å². The molecule has 94 valence electrons. The molecule has 0 aliphatic heterocycles. The molecule has 1 saturated carbocycles. The molecule has 0 saturated heterocycles. The normalized spacial score (nSPS) is 32.7. The van der Waals surface area contributed by atoms with Gasteiger partial charge in [-0.2, -0.15) is 6.42 Å². The largest absolute Gasteiger partial charge is 1.00 e. The van der Waals surface area contributed by atoms with E-state index in [9.17, 15) is 0 Å². The van der Waals surface area contributed by atoms with Gasteiger partial charge < -0.3 is 6.08 Å². The van der Waals surface area contributed by atoms with Crippen molar-refractivity contribution in [2.45, 2.75) is 72.6 Å². The first-order valence-corrected chi connectivity index (χ1v) is 7.14. The summed E-state index contributed by atoms with van der Waals surface area (Å²) >= 11 is 0. The second-order valence-corrected chi connectivity index (χ2v) is 6.17. The summed E-state index contributed by atoms with van der Waals surface area (Å²) in [4.78, 5) is 0. The van der Waals surface area contributed by atoms with E-state index in [1.165, 1.54) is 50.5 Å². The molecule has 0 aromatic rings. The van der Waals surface area contributed by atoms with E-state index in [4.69, 9.17) is 0 Å². The van der Waals surface area contributed by atoms with Gasteiger partial charge >= 0.3 is 58.2 Å². The van der Waals surface area contributed by atoms with Gasteiger partial charge in [0.1, 0.15) is 0 Å². The second kappa shape index (κ2) is 10.3. The fourth-order valence-corrected chi connectivity index (χ4v) is 2.43. The molecule has 0 aromatic heterocycles. The van der Waals surface area contributed by atoms with Crippen LogP contribution >= 0.6 is 0 Å². The van der Waals surface area contributed by atoms with Crippen molar-refractivity contribution in [1.82, 2.24) is 0 Å². The summed E-state index contributed by atoms with van der Waals surface area (Å²) in [6, 6.07) is 0. The van der Waals surface area contributed by atoms with E-state index in [2.05, 4.69) is 33.8 Å². The van der Waals surface area contributed by atoms with E-state index in [0.717, 1.165) is 17.8 Å². The van der Waals surface area contributed by atoms with E-state index in [-0.39, 0.29) is 58.2 Å². The summed E-state index contributed by atoms with van der Waals surface area (Å²) in [6.45, 7) is 9.20. The number of hydrogen-bond donors (Lipinski definition) is 0. The van der Waals surface area contributed by atoms with Gasteiger partial charge in [-0.15, -0.1) is 0 Å². The maximum absolute atomic E-state index is 3.35. The van der Waals surface area contributed by atoms with Crippen LogP contribution in [-0.2, 0) is 0 Å². The van der Waals surface area contributed by atoms with Crippen molar-refractivity contribution in [1.29, 1.82) is 0 Å². The number of rotatable bonds is 0. The molecule has 0 heterocycles. The van der Waals surface area contributed by atoms with Gasteiger partial charge in [0.2, 0.25) is 0 Å². The SMILES string of the molecule is CC1=[C-]CC(C)CC1.CC1CCC(C)CC1.[Rb+]. The maximum atomic E-state index is 3.35. The average Bonchev–Trinajstić information content (AvgIpc) is 2.28. The summed E-state index contributed by atoms with van der Waals surface area (Å²) in [5.41, 5.74) is 1.46. The molecular formula is C16H29Rb. The van der Waals surface area contributed by atoms with Crippen LogP contribution in [-0.4, -0.2) is 0 Å². The first-order chi connectivity index (χ1) is 7.58. The monoisotopic (exact) mass is 306 g/mol. The van der Waals surface area contributed by atoms with Crippen molar-refractivity contribution in [2.24, 2.45) is 17.8 Å². The molecule has 2 rings (SSSR count). The Labute approximate surface area is 158 Å². The summed E-state index contributed by atoms with van der Waals surface area (Å²) in [5.74, 6) is 2.93. The second-order valence-electron chi connectivity index (χ2n) is 6.17. The molecule has 2 aliphatic rings. The third-order valence-electron chi connectivity index (χ3n) is 4.07. The zero-order valence-corrected chi connectivity index (χ0v) is 17.6. The molecule has 0 amide bonds. The van der Waals surface area contributed by atoms with Crippen LogP contribution in [0.3, 0.4) is 0 Å². The van der Waals surface area contributed by atoms with Gasteiger partial charge in [0, 0.05) is 0 Å². The van der Waals surface area contributed by atoms with Crippen molar-refractivity contribution in [3.05, 3.63) is 11.6 Å². The zero-order valence-electron chi connectivity index (χ0n) is 12.7. The Bertz CT molecular complexity index is 202. The number of hydrogen-bond acceptors (Lipinski definition) is 0. The Morgan fingerprint density at radius 2 is 1.29 bits per heavy atom. The van der Waals surface area contributed by atoms with Gasteiger partial charge in [-0.05, 0) is 11.8 Å². The summed E-state index contributed by atoms with van der Waals surface area (Å²) < 4.78 is 0. The minimum atomic E-state index is 0. The van der Waals surface area contributed by atoms with Crippen LogP contribution in [0.5, 0.6) is 0 Å². The van der Waals surface area contributed by atoms with Crippen molar-refractivity contribution in [3.63, 3.8) is 0 Å². The Balaban J connectivity index is 0.000000284. The molecule has 0 N–H and O–H groups in total. The van der Waals surface area contributed by atoms with Crippen molar-refractivity contribution < 1.29 is 58.2 Å². The molecule has 0 bridgehead atoms. The van der Waals surface area contributed by atoms with Crippen molar-refractivity contribution in [3.8, 4) is 0 Å². The number of allylic oxidation sites excluding steroid dienone is 2. The Hall–Kier alpha value is 1.55. The standard InChI is InChI=1S/C8H16.C8H13.Rb/c2*1-7-3-5-8(2)6-4-7;/h7-8H,3-6H2,1-2H3;7H,3-5H2,1-2H3;/q;-1;+1. The van der Waals surface area contributed by atoms with Crippen LogP contribution in [0.4, 0.5) is 0 Å². The molecule has 1 fully saturated rings. The Morgan fingerprint density at radius 1 is 0.824 bits per heavy atom. The van der Waals surface area contributed by atoms with Crippen LogP contribution in [0, 0.1) is 23.8 Å². The van der Waals surface area contributed by atoms with Gasteiger partial charge in [0.05, 0.1) is 0 Å². The van der Waals surface area contributed by atoms with Crippen molar-refractivity contribution >= 4 is 0 Å². The third-order valence-corrected chi connectivity index (χ3v) is 4.07. The van der Waals surface area contributed by atoms with Crippen molar-refractivity contribution in [2.75, 3.05) is 0 Å². The van der Waals surface area contributed by atoms with Gasteiger partial charge in [-0.3, -0.25) is 5.57 Å². The van der Waals surface area contributed by atoms with Gasteiger partial charge in [0.15, 0.2) is 0 Å². The first-order valence-electron chi connectivity index (χ1n) is 7.14. The summed E-state index contributed by atoms with van der Waals surface area (Å²) in [5, 5.41) is 0. The molecule has 0 spiro atoms. The zero-order chi connectivity index (χ0) is 12.0. The van der Waals surface area contributed by atoms with Crippen LogP contribution < -0.4 is 58.2 Å². The smallest absolute Gasteiger partial charge is 0.497 e. The maximum Gasteiger partial charge on any atom is 1.00 e. The summed E-state index contributed by atoms with van der Waals surface area (Å²) in [6.07, 6.45) is 13.1.